The van der Waals surface area contributed by atoms with Crippen molar-refractivity contribution in [3.05, 3.63) is 71.8 Å². The van der Waals surface area contributed by atoms with E-state index in [2.05, 4.69) is 13.8 Å². The first-order valence-corrected chi connectivity index (χ1v) is 10.6. The molecular weight excluding hydrogens is 364 g/mol. The molecule has 0 fully saturated rings. The van der Waals surface area contributed by atoms with Crippen LogP contribution >= 0.6 is 0 Å². The summed E-state index contributed by atoms with van der Waals surface area (Å²) in [7, 11) is 0. The normalized spacial score (nSPS) is 12.8. The monoisotopic (exact) mass is 396 g/mol. The Morgan fingerprint density at radius 2 is 1.17 bits per heavy atom. The van der Waals surface area contributed by atoms with E-state index in [1.54, 1.807) is 24.3 Å². The predicted molar refractivity (Wildman–Crippen MR) is 115 cm³/mol. The molecule has 0 aliphatic carbocycles. The minimum absolute atomic E-state index is 0.267. The lowest BCUT2D eigenvalue weighted by molar-refractivity contribution is 0.0321. The Kier molecular flexibility index (Phi) is 9.98. The van der Waals surface area contributed by atoms with Gasteiger partial charge in [-0.25, -0.2) is 9.59 Å². The fraction of sp³-hybridized carbons (Fsp3) is 0.440. The highest BCUT2D eigenvalue weighted by molar-refractivity contribution is 5.89. The summed E-state index contributed by atoms with van der Waals surface area (Å²) in [5.74, 6) is 0.0518. The zero-order valence-electron chi connectivity index (χ0n) is 17.5. The van der Waals surface area contributed by atoms with Crippen LogP contribution in [-0.2, 0) is 9.47 Å². The molecule has 0 spiro atoms. The van der Waals surface area contributed by atoms with E-state index in [0.29, 0.717) is 30.3 Å². The van der Waals surface area contributed by atoms with Crippen LogP contribution in [0.4, 0.5) is 0 Å². The Morgan fingerprint density at radius 3 is 1.69 bits per heavy atom. The third kappa shape index (κ3) is 7.72. The summed E-state index contributed by atoms with van der Waals surface area (Å²) >= 11 is 0. The van der Waals surface area contributed by atoms with Crippen LogP contribution in [0.5, 0.6) is 0 Å². The fourth-order valence-electron chi connectivity index (χ4n) is 3.61. The summed E-state index contributed by atoms with van der Waals surface area (Å²) in [6.07, 6.45) is 4.86. The highest BCUT2D eigenvalue weighted by atomic mass is 16.5. The van der Waals surface area contributed by atoms with Crippen LogP contribution in [0, 0.1) is 11.8 Å². The summed E-state index contributed by atoms with van der Waals surface area (Å²) in [5, 5.41) is 0. The number of rotatable bonds is 12. The number of carbonyl (C=O) groups excluding carboxylic acids is 2. The molecule has 0 amide bonds. The maximum Gasteiger partial charge on any atom is 0.338 e. The van der Waals surface area contributed by atoms with E-state index in [1.807, 2.05) is 36.4 Å². The van der Waals surface area contributed by atoms with Crippen molar-refractivity contribution in [2.24, 2.45) is 11.8 Å². The van der Waals surface area contributed by atoms with E-state index in [9.17, 15) is 9.59 Å². The zero-order chi connectivity index (χ0) is 20.9. The summed E-state index contributed by atoms with van der Waals surface area (Å²) < 4.78 is 11.1. The molecule has 0 aliphatic rings. The first kappa shape index (κ1) is 22.7. The minimum Gasteiger partial charge on any atom is -0.462 e. The lowest BCUT2D eigenvalue weighted by atomic mass is 9.83. The number of ether oxygens (including phenoxy) is 2. The molecule has 4 nitrogen and oxygen atoms in total. The van der Waals surface area contributed by atoms with Crippen LogP contribution < -0.4 is 0 Å². The molecule has 29 heavy (non-hydrogen) atoms. The first-order chi connectivity index (χ1) is 14.2. The number of hydrogen-bond acceptors (Lipinski definition) is 4. The van der Waals surface area contributed by atoms with Crippen LogP contribution in [0.25, 0.3) is 0 Å². The van der Waals surface area contributed by atoms with E-state index in [4.69, 9.17) is 9.47 Å². The third-order valence-electron chi connectivity index (χ3n) is 5.15. The highest BCUT2D eigenvalue weighted by Gasteiger charge is 2.23. The van der Waals surface area contributed by atoms with E-state index >= 15 is 0 Å². The van der Waals surface area contributed by atoms with Crippen molar-refractivity contribution in [3.8, 4) is 0 Å². The Hall–Kier alpha value is -2.62. The van der Waals surface area contributed by atoms with Gasteiger partial charge >= 0.3 is 11.9 Å². The number of hydrogen-bond donors (Lipinski definition) is 0. The second-order valence-corrected chi connectivity index (χ2v) is 7.35. The molecule has 2 atom stereocenters. The molecule has 156 valence electrons. The first-order valence-electron chi connectivity index (χ1n) is 10.6. The van der Waals surface area contributed by atoms with Gasteiger partial charge in [0.1, 0.15) is 0 Å². The highest BCUT2D eigenvalue weighted by Crippen LogP contribution is 2.27. The average molecular weight is 397 g/mol. The second kappa shape index (κ2) is 12.8. The molecule has 2 unspecified atom stereocenters. The van der Waals surface area contributed by atoms with Crippen LogP contribution in [0.15, 0.2) is 60.7 Å². The van der Waals surface area contributed by atoms with Gasteiger partial charge in [0, 0.05) is 0 Å². The molecule has 0 saturated heterocycles. The molecular formula is C25H32O4. The Morgan fingerprint density at radius 1 is 0.690 bits per heavy atom. The molecule has 2 aromatic rings. The summed E-state index contributed by atoms with van der Waals surface area (Å²) in [6, 6.07) is 18.1. The van der Waals surface area contributed by atoms with Gasteiger partial charge in [0.05, 0.1) is 24.3 Å². The smallest absolute Gasteiger partial charge is 0.338 e. The SMILES string of the molecule is CCCC(CCOC(=O)c1ccccc1)C(CCC)COC(=O)c1ccccc1. The quantitative estimate of drug-likeness (QED) is 0.418. The second-order valence-electron chi connectivity index (χ2n) is 7.35. The van der Waals surface area contributed by atoms with Gasteiger partial charge in [-0.05, 0) is 48.9 Å². The third-order valence-corrected chi connectivity index (χ3v) is 5.15. The van der Waals surface area contributed by atoms with Crippen LogP contribution in [0.3, 0.4) is 0 Å². The van der Waals surface area contributed by atoms with Gasteiger partial charge in [-0.1, -0.05) is 69.5 Å². The van der Waals surface area contributed by atoms with Crippen molar-refractivity contribution in [1.82, 2.24) is 0 Å². The molecule has 0 bridgehead atoms. The van der Waals surface area contributed by atoms with Crippen LogP contribution in [0.1, 0.15) is 66.7 Å². The minimum atomic E-state index is -0.289. The Bertz CT molecular complexity index is 727. The molecule has 0 radical (unpaired) electrons. The molecule has 0 heterocycles. The van der Waals surface area contributed by atoms with Crippen LogP contribution in [0.2, 0.25) is 0 Å². The van der Waals surface area contributed by atoms with Crippen molar-refractivity contribution in [3.63, 3.8) is 0 Å². The average Bonchev–Trinajstić information content (AvgIpc) is 2.77. The van der Waals surface area contributed by atoms with Gasteiger partial charge in [-0.3, -0.25) is 0 Å². The van der Waals surface area contributed by atoms with E-state index in [-0.39, 0.29) is 17.9 Å². The standard InChI is InChI=1S/C25H32O4/c1-3-11-20(17-18-28-24(26)21-13-7-5-8-14-21)23(12-4-2)19-29-25(27)22-15-9-6-10-16-22/h5-10,13-16,20,23H,3-4,11-12,17-19H2,1-2H3. The zero-order valence-corrected chi connectivity index (χ0v) is 17.5. The number of esters is 2. The summed E-state index contributed by atoms with van der Waals surface area (Å²) in [6.45, 7) is 5.08. The Labute approximate surface area is 174 Å². The van der Waals surface area contributed by atoms with Crippen molar-refractivity contribution in [1.29, 1.82) is 0 Å². The maximum absolute atomic E-state index is 12.3. The van der Waals surface area contributed by atoms with Gasteiger partial charge in [0.15, 0.2) is 0 Å². The summed E-state index contributed by atoms with van der Waals surface area (Å²) in [5.41, 5.74) is 1.15. The summed E-state index contributed by atoms with van der Waals surface area (Å²) in [4.78, 5) is 24.5. The molecule has 2 rings (SSSR count). The van der Waals surface area contributed by atoms with E-state index < -0.39 is 0 Å². The topological polar surface area (TPSA) is 52.6 Å². The van der Waals surface area contributed by atoms with E-state index in [0.717, 1.165) is 32.1 Å². The predicted octanol–water partition coefficient (Wildman–Crippen LogP) is 5.92. The molecule has 0 saturated carbocycles. The lowest BCUT2D eigenvalue weighted by Gasteiger charge is -2.26. The van der Waals surface area contributed by atoms with Gasteiger partial charge in [0.2, 0.25) is 0 Å². The number of carbonyl (C=O) groups is 2. The van der Waals surface area contributed by atoms with Gasteiger partial charge in [0.25, 0.3) is 0 Å². The van der Waals surface area contributed by atoms with Gasteiger partial charge < -0.3 is 9.47 Å². The largest absolute Gasteiger partial charge is 0.462 e. The Balaban J connectivity index is 1.89. The molecule has 0 aromatic heterocycles. The lowest BCUT2D eigenvalue weighted by Crippen LogP contribution is -2.24. The van der Waals surface area contributed by atoms with Crippen LogP contribution in [-0.4, -0.2) is 25.2 Å². The van der Waals surface area contributed by atoms with Crippen molar-refractivity contribution in [2.45, 2.75) is 46.0 Å². The van der Waals surface area contributed by atoms with E-state index in [1.165, 1.54) is 0 Å². The molecule has 2 aromatic carbocycles. The van der Waals surface area contributed by atoms with Crippen molar-refractivity contribution >= 4 is 11.9 Å². The molecule has 0 N–H and O–H groups in total. The molecule has 0 aliphatic heterocycles. The maximum atomic E-state index is 12.3. The molecule has 4 heteroatoms. The van der Waals surface area contributed by atoms with Gasteiger partial charge in [-0.2, -0.15) is 0 Å². The van der Waals surface area contributed by atoms with Crippen molar-refractivity contribution in [2.75, 3.05) is 13.2 Å². The number of benzene rings is 2. The fourth-order valence-corrected chi connectivity index (χ4v) is 3.61. The van der Waals surface area contributed by atoms with Crippen molar-refractivity contribution < 1.29 is 19.1 Å². The van der Waals surface area contributed by atoms with Gasteiger partial charge in [-0.15, -0.1) is 0 Å².